The molecule has 0 spiro atoms. The van der Waals surface area contributed by atoms with Crippen LogP contribution in [0.4, 0.5) is 0 Å². The van der Waals surface area contributed by atoms with Crippen LogP contribution in [0.15, 0.2) is 42.6 Å². The fourth-order valence-corrected chi connectivity index (χ4v) is 1.74. The number of pyridine rings is 1. The molecular formula is C15H13N3O. The third kappa shape index (κ3) is 3.17. The van der Waals surface area contributed by atoms with Crippen molar-refractivity contribution in [1.82, 2.24) is 10.3 Å². The Morgan fingerprint density at radius 2 is 2.21 bits per heavy atom. The molecule has 4 heteroatoms. The summed E-state index contributed by atoms with van der Waals surface area (Å²) >= 11 is 0. The first kappa shape index (κ1) is 12.8. The number of hydrogen-bond acceptors (Lipinski definition) is 3. The molecule has 0 radical (unpaired) electrons. The van der Waals surface area contributed by atoms with Gasteiger partial charge in [-0.1, -0.05) is 18.2 Å². The number of rotatable bonds is 3. The number of benzene rings is 1. The summed E-state index contributed by atoms with van der Waals surface area (Å²) in [5.74, 6) is -0.208. The maximum absolute atomic E-state index is 12.0. The normalized spacial score (nSPS) is 9.68. The van der Waals surface area contributed by atoms with E-state index in [0.717, 1.165) is 11.1 Å². The number of amides is 1. The SMILES string of the molecule is Cc1cccnc1C(=O)NCc1cccc(C#N)c1. The van der Waals surface area contributed by atoms with Crippen LogP contribution in [0.2, 0.25) is 0 Å². The fourth-order valence-electron chi connectivity index (χ4n) is 1.74. The third-order valence-electron chi connectivity index (χ3n) is 2.73. The van der Waals surface area contributed by atoms with E-state index in [1.165, 1.54) is 0 Å². The molecule has 94 valence electrons. The molecule has 0 fully saturated rings. The van der Waals surface area contributed by atoms with Crippen molar-refractivity contribution in [2.75, 3.05) is 0 Å². The van der Waals surface area contributed by atoms with E-state index in [-0.39, 0.29) is 5.91 Å². The van der Waals surface area contributed by atoms with Crippen molar-refractivity contribution in [1.29, 1.82) is 5.26 Å². The highest BCUT2D eigenvalue weighted by molar-refractivity contribution is 5.93. The third-order valence-corrected chi connectivity index (χ3v) is 2.73. The highest BCUT2D eigenvalue weighted by Gasteiger charge is 2.09. The lowest BCUT2D eigenvalue weighted by Gasteiger charge is -2.06. The van der Waals surface area contributed by atoms with Gasteiger partial charge in [-0.05, 0) is 36.2 Å². The summed E-state index contributed by atoms with van der Waals surface area (Å²) in [6, 6.07) is 12.9. The largest absolute Gasteiger partial charge is 0.347 e. The van der Waals surface area contributed by atoms with Crippen LogP contribution >= 0.6 is 0 Å². The van der Waals surface area contributed by atoms with Gasteiger partial charge in [0, 0.05) is 12.7 Å². The number of nitrogens with one attached hydrogen (secondary N) is 1. The predicted octanol–water partition coefficient (Wildman–Crippen LogP) is 2.19. The summed E-state index contributed by atoms with van der Waals surface area (Å²) in [6.07, 6.45) is 1.60. The van der Waals surface area contributed by atoms with Crippen LogP contribution in [0, 0.1) is 18.3 Å². The number of nitrogens with zero attached hydrogens (tertiary/aromatic N) is 2. The lowest BCUT2D eigenvalue weighted by Crippen LogP contribution is -2.24. The molecule has 1 aromatic heterocycles. The van der Waals surface area contributed by atoms with Gasteiger partial charge in [0.15, 0.2) is 0 Å². The highest BCUT2D eigenvalue weighted by atomic mass is 16.1. The van der Waals surface area contributed by atoms with Crippen LogP contribution in [-0.2, 0) is 6.54 Å². The minimum absolute atomic E-state index is 0.208. The lowest BCUT2D eigenvalue weighted by atomic mass is 10.1. The summed E-state index contributed by atoms with van der Waals surface area (Å²) in [5.41, 5.74) is 2.74. The molecule has 2 aromatic rings. The van der Waals surface area contributed by atoms with Gasteiger partial charge in [0.05, 0.1) is 11.6 Å². The quantitative estimate of drug-likeness (QED) is 0.909. The zero-order chi connectivity index (χ0) is 13.7. The molecule has 0 atom stereocenters. The Labute approximate surface area is 111 Å². The van der Waals surface area contributed by atoms with Crippen LogP contribution in [0.3, 0.4) is 0 Å². The minimum Gasteiger partial charge on any atom is -0.347 e. The van der Waals surface area contributed by atoms with Crippen LogP contribution in [0.1, 0.15) is 27.2 Å². The van der Waals surface area contributed by atoms with Gasteiger partial charge in [0.2, 0.25) is 0 Å². The molecule has 0 aliphatic carbocycles. The number of carbonyl (C=O) groups excluding carboxylic acids is 1. The first-order chi connectivity index (χ1) is 9.20. The smallest absolute Gasteiger partial charge is 0.270 e. The van der Waals surface area contributed by atoms with Gasteiger partial charge in [0.25, 0.3) is 5.91 Å². The Bertz CT molecular complexity index is 644. The van der Waals surface area contributed by atoms with Gasteiger partial charge in [-0.15, -0.1) is 0 Å². The second-order valence-corrected chi connectivity index (χ2v) is 4.16. The molecule has 0 saturated heterocycles. The summed E-state index contributed by atoms with van der Waals surface area (Å²) in [4.78, 5) is 16.0. The van der Waals surface area contributed by atoms with Crippen LogP contribution in [-0.4, -0.2) is 10.9 Å². The van der Waals surface area contributed by atoms with E-state index in [9.17, 15) is 4.79 Å². The van der Waals surface area contributed by atoms with E-state index in [4.69, 9.17) is 5.26 Å². The molecule has 4 nitrogen and oxygen atoms in total. The number of aryl methyl sites for hydroxylation is 1. The molecule has 1 N–H and O–H groups in total. The van der Waals surface area contributed by atoms with Gasteiger partial charge in [-0.25, -0.2) is 0 Å². The average molecular weight is 251 g/mol. The highest BCUT2D eigenvalue weighted by Crippen LogP contribution is 2.06. The van der Waals surface area contributed by atoms with Crippen molar-refractivity contribution in [2.24, 2.45) is 0 Å². The first-order valence-corrected chi connectivity index (χ1v) is 5.89. The van der Waals surface area contributed by atoms with Crippen molar-refractivity contribution in [2.45, 2.75) is 13.5 Å². The molecule has 1 heterocycles. The van der Waals surface area contributed by atoms with Crippen LogP contribution in [0.5, 0.6) is 0 Å². The Hall–Kier alpha value is -2.67. The van der Waals surface area contributed by atoms with Crippen molar-refractivity contribution in [3.05, 3.63) is 65.0 Å². The van der Waals surface area contributed by atoms with Crippen molar-refractivity contribution in [3.63, 3.8) is 0 Å². The van der Waals surface area contributed by atoms with Crippen LogP contribution < -0.4 is 5.32 Å². The van der Waals surface area contributed by atoms with Crippen LogP contribution in [0.25, 0.3) is 0 Å². The van der Waals surface area contributed by atoms with Crippen molar-refractivity contribution in [3.8, 4) is 6.07 Å². The summed E-state index contributed by atoms with van der Waals surface area (Å²) in [6.45, 7) is 2.22. The van der Waals surface area contributed by atoms with Gasteiger partial charge < -0.3 is 5.32 Å². The molecule has 0 aliphatic rings. The summed E-state index contributed by atoms with van der Waals surface area (Å²) < 4.78 is 0. The minimum atomic E-state index is -0.208. The number of aromatic nitrogens is 1. The monoisotopic (exact) mass is 251 g/mol. The van der Waals surface area contributed by atoms with E-state index in [1.807, 2.05) is 19.1 Å². The molecule has 2 rings (SSSR count). The molecule has 1 amide bonds. The van der Waals surface area contributed by atoms with Gasteiger partial charge in [0.1, 0.15) is 5.69 Å². The maximum atomic E-state index is 12.0. The molecule has 1 aromatic carbocycles. The topological polar surface area (TPSA) is 65.8 Å². The zero-order valence-corrected chi connectivity index (χ0v) is 10.6. The molecule has 0 bridgehead atoms. The second kappa shape index (κ2) is 5.78. The molecule has 0 saturated carbocycles. The zero-order valence-electron chi connectivity index (χ0n) is 10.6. The average Bonchev–Trinajstić information content (AvgIpc) is 2.45. The van der Waals surface area contributed by atoms with E-state index >= 15 is 0 Å². The first-order valence-electron chi connectivity index (χ1n) is 5.89. The summed E-state index contributed by atoms with van der Waals surface area (Å²) in [5, 5.41) is 11.6. The molecule has 0 unspecified atom stereocenters. The Morgan fingerprint density at radius 1 is 1.37 bits per heavy atom. The number of hydrogen-bond donors (Lipinski definition) is 1. The lowest BCUT2D eigenvalue weighted by molar-refractivity contribution is 0.0945. The second-order valence-electron chi connectivity index (χ2n) is 4.16. The van der Waals surface area contributed by atoms with E-state index in [1.54, 1.807) is 30.5 Å². The standard InChI is InChI=1S/C15H13N3O/c1-11-4-3-7-17-14(11)15(19)18-10-13-6-2-5-12(8-13)9-16/h2-8H,10H2,1H3,(H,18,19). The number of nitriles is 1. The van der Waals surface area contributed by atoms with E-state index < -0.39 is 0 Å². The van der Waals surface area contributed by atoms with Crippen molar-refractivity contribution < 1.29 is 4.79 Å². The Morgan fingerprint density at radius 3 is 2.95 bits per heavy atom. The van der Waals surface area contributed by atoms with Crippen molar-refractivity contribution >= 4 is 5.91 Å². The van der Waals surface area contributed by atoms with Gasteiger partial charge in [-0.2, -0.15) is 5.26 Å². The Balaban J connectivity index is 2.05. The van der Waals surface area contributed by atoms with Gasteiger partial charge >= 0.3 is 0 Å². The maximum Gasteiger partial charge on any atom is 0.270 e. The van der Waals surface area contributed by atoms with E-state index in [0.29, 0.717) is 17.8 Å². The molecule has 19 heavy (non-hydrogen) atoms. The summed E-state index contributed by atoms with van der Waals surface area (Å²) in [7, 11) is 0. The van der Waals surface area contributed by atoms with Gasteiger partial charge in [-0.3, -0.25) is 9.78 Å². The molecular weight excluding hydrogens is 238 g/mol. The van der Waals surface area contributed by atoms with E-state index in [2.05, 4.69) is 16.4 Å². The Kier molecular flexibility index (Phi) is 3.89. The predicted molar refractivity (Wildman–Crippen MR) is 71.3 cm³/mol. The molecule has 0 aliphatic heterocycles. The fraction of sp³-hybridized carbons (Fsp3) is 0.133. The number of carbonyl (C=O) groups is 1.